The van der Waals surface area contributed by atoms with E-state index in [-0.39, 0.29) is 15.6 Å². The maximum atomic E-state index is 13.7. The Hall–Kier alpha value is -2.38. The first-order valence-electron chi connectivity index (χ1n) is 6.27. The van der Waals surface area contributed by atoms with E-state index in [0.717, 1.165) is 12.1 Å². The Bertz CT molecular complexity index is 864. The van der Waals surface area contributed by atoms with Gasteiger partial charge in [0, 0.05) is 11.1 Å². The molecule has 0 aliphatic heterocycles. The van der Waals surface area contributed by atoms with Gasteiger partial charge in [0.2, 0.25) is 0 Å². The predicted octanol–water partition coefficient (Wildman–Crippen LogP) is 3.38. The van der Waals surface area contributed by atoms with E-state index in [2.05, 4.69) is 4.72 Å². The average Bonchev–Trinajstić information content (AvgIpc) is 2.48. The zero-order valence-electron chi connectivity index (χ0n) is 11.5. The average molecular weight is 356 g/mol. The predicted molar refractivity (Wildman–Crippen MR) is 85.3 cm³/mol. The zero-order valence-corrected chi connectivity index (χ0v) is 13.1. The highest BCUT2D eigenvalue weighted by Gasteiger charge is 2.16. The number of carbonyl (C=O) groups is 1. The van der Waals surface area contributed by atoms with Gasteiger partial charge in [0.05, 0.1) is 10.6 Å². The quantitative estimate of drug-likeness (QED) is 0.805. The lowest BCUT2D eigenvalue weighted by molar-refractivity contribution is -0.131. The van der Waals surface area contributed by atoms with Gasteiger partial charge in [-0.3, -0.25) is 4.72 Å². The molecule has 2 N–H and O–H groups in total. The van der Waals surface area contributed by atoms with Crippen molar-refractivity contribution in [3.05, 3.63) is 64.9 Å². The number of aliphatic carboxylic acids is 1. The van der Waals surface area contributed by atoms with E-state index >= 15 is 0 Å². The van der Waals surface area contributed by atoms with Crippen LogP contribution in [0.5, 0.6) is 0 Å². The molecule has 0 amide bonds. The maximum Gasteiger partial charge on any atom is 0.328 e. The SMILES string of the molecule is O=C(O)C=Cc1ccc(S(=O)(=O)Nc2ccc(Cl)cc2F)cc1. The molecule has 2 aromatic rings. The fourth-order valence-corrected chi connectivity index (χ4v) is 2.93. The van der Waals surface area contributed by atoms with Crippen molar-refractivity contribution >= 4 is 39.4 Å². The van der Waals surface area contributed by atoms with Crippen molar-refractivity contribution in [1.29, 1.82) is 0 Å². The summed E-state index contributed by atoms with van der Waals surface area (Å²) in [7, 11) is -3.97. The third kappa shape index (κ3) is 4.54. The number of carboxylic acid groups (broad SMARTS) is 1. The van der Waals surface area contributed by atoms with Crippen LogP contribution in [0.1, 0.15) is 5.56 Å². The molecule has 0 aromatic heterocycles. The molecule has 0 aliphatic rings. The minimum absolute atomic E-state index is 0.0840. The van der Waals surface area contributed by atoms with E-state index in [0.29, 0.717) is 5.56 Å². The third-order valence-corrected chi connectivity index (χ3v) is 4.40. The number of rotatable bonds is 5. The van der Waals surface area contributed by atoms with Gasteiger partial charge in [0.1, 0.15) is 5.82 Å². The molecule has 120 valence electrons. The van der Waals surface area contributed by atoms with E-state index in [4.69, 9.17) is 16.7 Å². The van der Waals surface area contributed by atoms with Crippen LogP contribution in [-0.2, 0) is 14.8 Å². The number of carboxylic acids is 1. The minimum Gasteiger partial charge on any atom is -0.478 e. The highest BCUT2D eigenvalue weighted by atomic mass is 35.5. The highest BCUT2D eigenvalue weighted by molar-refractivity contribution is 7.92. The highest BCUT2D eigenvalue weighted by Crippen LogP contribution is 2.22. The number of anilines is 1. The van der Waals surface area contributed by atoms with Crippen LogP contribution in [0.25, 0.3) is 6.08 Å². The summed E-state index contributed by atoms with van der Waals surface area (Å²) in [6.07, 6.45) is 2.26. The Balaban J connectivity index is 2.24. The van der Waals surface area contributed by atoms with Crippen LogP contribution in [0.3, 0.4) is 0 Å². The summed E-state index contributed by atoms with van der Waals surface area (Å²) in [4.78, 5) is 10.3. The molecule has 2 rings (SSSR count). The molecule has 0 saturated heterocycles. The summed E-state index contributed by atoms with van der Waals surface area (Å²) in [5.41, 5.74) is 0.299. The number of sulfonamides is 1. The number of benzene rings is 2. The second-order valence-corrected chi connectivity index (χ2v) is 6.59. The van der Waals surface area contributed by atoms with Crippen molar-refractivity contribution in [2.24, 2.45) is 0 Å². The van der Waals surface area contributed by atoms with E-state index in [1.54, 1.807) is 0 Å². The summed E-state index contributed by atoms with van der Waals surface area (Å²) >= 11 is 5.61. The molecule has 8 heteroatoms. The van der Waals surface area contributed by atoms with Gasteiger partial charge in [-0.1, -0.05) is 23.7 Å². The molecule has 23 heavy (non-hydrogen) atoms. The first-order chi connectivity index (χ1) is 10.8. The molecule has 0 spiro atoms. The van der Waals surface area contributed by atoms with Crippen LogP contribution < -0.4 is 4.72 Å². The number of halogens is 2. The van der Waals surface area contributed by atoms with Crippen molar-refractivity contribution in [2.75, 3.05) is 4.72 Å². The normalized spacial score (nSPS) is 11.6. The fraction of sp³-hybridized carbons (Fsp3) is 0. The van der Waals surface area contributed by atoms with Crippen molar-refractivity contribution < 1.29 is 22.7 Å². The van der Waals surface area contributed by atoms with Crippen LogP contribution in [0.15, 0.2) is 53.4 Å². The molecular weight excluding hydrogens is 345 g/mol. The molecule has 5 nitrogen and oxygen atoms in total. The molecule has 0 saturated carbocycles. The summed E-state index contributed by atoms with van der Waals surface area (Å²) in [6, 6.07) is 9.04. The van der Waals surface area contributed by atoms with Gasteiger partial charge in [-0.2, -0.15) is 0 Å². The standard InChI is InChI=1S/C15H11ClFNO4S/c16-11-4-7-14(13(17)9-11)18-23(21,22)12-5-1-10(2-6-12)3-8-15(19)20/h1-9,18H,(H,19,20). The zero-order chi connectivity index (χ0) is 17.0. The molecule has 0 atom stereocenters. The van der Waals surface area contributed by atoms with E-state index in [1.165, 1.54) is 42.5 Å². The Labute approximate surface area is 137 Å². The van der Waals surface area contributed by atoms with Gasteiger partial charge in [0.25, 0.3) is 10.0 Å². The number of nitrogens with one attached hydrogen (secondary N) is 1. The largest absolute Gasteiger partial charge is 0.478 e. The monoisotopic (exact) mass is 355 g/mol. The van der Waals surface area contributed by atoms with Crippen molar-refractivity contribution in [2.45, 2.75) is 4.90 Å². The van der Waals surface area contributed by atoms with Gasteiger partial charge in [-0.05, 0) is 42.0 Å². The lowest BCUT2D eigenvalue weighted by Gasteiger charge is -2.09. The Kier molecular flexibility index (Phi) is 5.02. The summed E-state index contributed by atoms with van der Waals surface area (Å²) in [5.74, 6) is -1.90. The Morgan fingerprint density at radius 1 is 1.17 bits per heavy atom. The molecular formula is C15H11ClFNO4S. The molecule has 0 radical (unpaired) electrons. The second-order valence-electron chi connectivity index (χ2n) is 4.47. The first-order valence-corrected chi connectivity index (χ1v) is 8.13. The van der Waals surface area contributed by atoms with E-state index < -0.39 is 21.8 Å². The molecule has 0 aliphatic carbocycles. The fourth-order valence-electron chi connectivity index (χ4n) is 1.70. The second kappa shape index (κ2) is 6.80. The van der Waals surface area contributed by atoms with E-state index in [9.17, 15) is 17.6 Å². The molecule has 0 heterocycles. The van der Waals surface area contributed by atoms with Gasteiger partial charge >= 0.3 is 5.97 Å². The lowest BCUT2D eigenvalue weighted by atomic mass is 10.2. The minimum atomic E-state index is -3.97. The number of hydrogen-bond donors (Lipinski definition) is 2. The van der Waals surface area contributed by atoms with Crippen molar-refractivity contribution in [1.82, 2.24) is 0 Å². The Morgan fingerprint density at radius 3 is 2.39 bits per heavy atom. The third-order valence-electron chi connectivity index (χ3n) is 2.78. The maximum absolute atomic E-state index is 13.7. The summed E-state index contributed by atoms with van der Waals surface area (Å²) < 4.78 is 40.2. The van der Waals surface area contributed by atoms with Gasteiger partial charge in [-0.15, -0.1) is 0 Å². The smallest absolute Gasteiger partial charge is 0.328 e. The molecule has 0 unspecified atom stereocenters. The van der Waals surface area contributed by atoms with Crippen molar-refractivity contribution in [3.8, 4) is 0 Å². The van der Waals surface area contributed by atoms with Crippen LogP contribution in [0, 0.1) is 5.82 Å². The number of hydrogen-bond acceptors (Lipinski definition) is 3. The topological polar surface area (TPSA) is 83.5 Å². The molecule has 2 aromatic carbocycles. The molecule has 0 bridgehead atoms. The van der Waals surface area contributed by atoms with Crippen LogP contribution >= 0.6 is 11.6 Å². The van der Waals surface area contributed by atoms with E-state index in [1.807, 2.05) is 0 Å². The first kappa shape index (κ1) is 17.0. The van der Waals surface area contributed by atoms with Gasteiger partial charge in [-0.25, -0.2) is 17.6 Å². The van der Waals surface area contributed by atoms with Gasteiger partial charge < -0.3 is 5.11 Å². The Morgan fingerprint density at radius 2 is 1.83 bits per heavy atom. The lowest BCUT2D eigenvalue weighted by Crippen LogP contribution is -2.13. The summed E-state index contributed by atoms with van der Waals surface area (Å²) in [6.45, 7) is 0. The molecule has 0 fully saturated rings. The van der Waals surface area contributed by atoms with Crippen LogP contribution in [0.2, 0.25) is 5.02 Å². The summed E-state index contributed by atoms with van der Waals surface area (Å²) in [5, 5.41) is 8.68. The van der Waals surface area contributed by atoms with Crippen LogP contribution in [-0.4, -0.2) is 19.5 Å². The van der Waals surface area contributed by atoms with Gasteiger partial charge in [0.15, 0.2) is 0 Å². The van der Waals surface area contributed by atoms with Crippen molar-refractivity contribution in [3.63, 3.8) is 0 Å². The van der Waals surface area contributed by atoms with Crippen LogP contribution in [0.4, 0.5) is 10.1 Å².